The SMILES string of the molecule is C=CC(=O)N1CC(NC(=O)Cn2c3c(c4cc(Br)ccc42)CN(C(=O)OC(C)(C)C)C3)C1. The molecule has 0 atom stereocenters. The highest BCUT2D eigenvalue weighted by molar-refractivity contribution is 9.10. The van der Waals surface area contributed by atoms with Gasteiger partial charge in [-0.15, -0.1) is 0 Å². The summed E-state index contributed by atoms with van der Waals surface area (Å²) >= 11 is 3.52. The predicted molar refractivity (Wildman–Crippen MR) is 124 cm³/mol. The van der Waals surface area contributed by atoms with Crippen LogP contribution in [0.2, 0.25) is 0 Å². The van der Waals surface area contributed by atoms with Gasteiger partial charge in [-0.05, 0) is 45.0 Å². The number of likely N-dealkylation sites (tertiary alicyclic amines) is 1. The van der Waals surface area contributed by atoms with Crippen LogP contribution in [-0.2, 0) is 34.0 Å². The lowest BCUT2D eigenvalue weighted by Gasteiger charge is -2.38. The maximum absolute atomic E-state index is 12.8. The number of hydrogen-bond acceptors (Lipinski definition) is 4. The number of aromatic nitrogens is 1. The summed E-state index contributed by atoms with van der Waals surface area (Å²) in [5.41, 5.74) is 2.35. The molecule has 0 spiro atoms. The average Bonchev–Trinajstić information content (AvgIpc) is 3.22. The molecular formula is C23H27BrN4O4. The molecule has 1 aromatic heterocycles. The molecule has 8 nitrogen and oxygen atoms in total. The van der Waals surface area contributed by atoms with Crippen LogP contribution in [0.15, 0.2) is 35.3 Å². The maximum atomic E-state index is 12.8. The van der Waals surface area contributed by atoms with Crippen LogP contribution in [0, 0.1) is 0 Å². The molecule has 9 heteroatoms. The van der Waals surface area contributed by atoms with Gasteiger partial charge in [0.25, 0.3) is 0 Å². The van der Waals surface area contributed by atoms with E-state index in [0.717, 1.165) is 26.6 Å². The molecule has 4 rings (SSSR count). The Bertz CT molecular complexity index is 1110. The van der Waals surface area contributed by atoms with Gasteiger partial charge in [-0.25, -0.2) is 4.79 Å². The molecule has 0 saturated carbocycles. The highest BCUT2D eigenvalue weighted by atomic mass is 79.9. The van der Waals surface area contributed by atoms with E-state index in [-0.39, 0.29) is 30.5 Å². The van der Waals surface area contributed by atoms with Gasteiger partial charge in [0.2, 0.25) is 11.8 Å². The standard InChI is InChI=1S/C23H27BrN4O4/c1-5-21(30)26-9-15(10-26)25-20(29)13-28-18-7-6-14(24)8-16(18)17-11-27(12-19(17)28)22(31)32-23(2,3)4/h5-8,15H,1,9-13H2,2-4H3,(H,25,29). The number of rotatable bonds is 4. The minimum Gasteiger partial charge on any atom is -0.444 e. The molecule has 3 amide bonds. The zero-order valence-electron chi connectivity index (χ0n) is 18.5. The van der Waals surface area contributed by atoms with Crippen LogP contribution in [0.4, 0.5) is 4.79 Å². The van der Waals surface area contributed by atoms with Gasteiger partial charge >= 0.3 is 6.09 Å². The first-order valence-electron chi connectivity index (χ1n) is 10.5. The summed E-state index contributed by atoms with van der Waals surface area (Å²) in [7, 11) is 0. The van der Waals surface area contributed by atoms with Crippen LogP contribution in [0.1, 0.15) is 32.0 Å². The average molecular weight is 503 g/mol. The highest BCUT2D eigenvalue weighted by Gasteiger charge is 2.34. The first kappa shape index (κ1) is 22.4. The third-order valence-electron chi connectivity index (χ3n) is 5.62. The largest absolute Gasteiger partial charge is 0.444 e. The van der Waals surface area contributed by atoms with Crippen LogP contribution < -0.4 is 5.32 Å². The molecule has 170 valence electrons. The van der Waals surface area contributed by atoms with Crippen molar-refractivity contribution >= 4 is 44.7 Å². The van der Waals surface area contributed by atoms with E-state index in [9.17, 15) is 14.4 Å². The van der Waals surface area contributed by atoms with Crippen molar-refractivity contribution in [3.8, 4) is 0 Å². The summed E-state index contributed by atoms with van der Waals surface area (Å²) in [6.07, 6.45) is 0.913. The van der Waals surface area contributed by atoms with Gasteiger partial charge < -0.3 is 19.5 Å². The number of amides is 3. The molecule has 2 aliphatic rings. The van der Waals surface area contributed by atoms with Crippen molar-refractivity contribution in [3.63, 3.8) is 0 Å². The molecule has 2 aromatic rings. The Labute approximate surface area is 195 Å². The summed E-state index contributed by atoms with van der Waals surface area (Å²) in [5, 5.41) is 4.01. The number of hydrogen-bond donors (Lipinski definition) is 1. The molecule has 1 saturated heterocycles. The van der Waals surface area contributed by atoms with E-state index in [1.165, 1.54) is 6.08 Å². The Morgan fingerprint density at radius 1 is 1.22 bits per heavy atom. The Morgan fingerprint density at radius 2 is 1.94 bits per heavy atom. The van der Waals surface area contributed by atoms with Crippen molar-refractivity contribution in [1.29, 1.82) is 0 Å². The van der Waals surface area contributed by atoms with Crippen molar-refractivity contribution in [2.24, 2.45) is 0 Å². The number of fused-ring (bicyclic) bond motifs is 3. The Hall–Kier alpha value is -2.81. The molecule has 0 aliphatic carbocycles. The third-order valence-corrected chi connectivity index (χ3v) is 6.12. The molecule has 3 heterocycles. The Kier molecular flexibility index (Phi) is 5.79. The normalized spacial score (nSPS) is 16.0. The monoisotopic (exact) mass is 502 g/mol. The molecular weight excluding hydrogens is 476 g/mol. The number of ether oxygens (including phenoxy) is 1. The molecule has 1 N–H and O–H groups in total. The maximum Gasteiger partial charge on any atom is 0.410 e. The quantitative estimate of drug-likeness (QED) is 0.650. The Morgan fingerprint density at radius 3 is 2.59 bits per heavy atom. The van der Waals surface area contributed by atoms with E-state index in [2.05, 4.69) is 27.8 Å². The van der Waals surface area contributed by atoms with Gasteiger partial charge in [0.15, 0.2) is 0 Å². The number of benzene rings is 1. The first-order chi connectivity index (χ1) is 15.1. The molecule has 0 unspecified atom stereocenters. The van der Waals surface area contributed by atoms with Crippen LogP contribution >= 0.6 is 15.9 Å². The van der Waals surface area contributed by atoms with Gasteiger partial charge in [-0.2, -0.15) is 0 Å². The summed E-state index contributed by atoms with van der Waals surface area (Å²) in [4.78, 5) is 40.3. The summed E-state index contributed by atoms with van der Waals surface area (Å²) in [5.74, 6) is -0.253. The van der Waals surface area contributed by atoms with Crippen LogP contribution in [0.3, 0.4) is 0 Å². The number of halogens is 1. The second-order valence-electron chi connectivity index (χ2n) is 9.22. The molecule has 32 heavy (non-hydrogen) atoms. The molecule has 1 fully saturated rings. The van der Waals surface area contributed by atoms with E-state index in [0.29, 0.717) is 26.2 Å². The van der Waals surface area contributed by atoms with E-state index < -0.39 is 5.60 Å². The fraction of sp³-hybridized carbons (Fsp3) is 0.435. The second kappa shape index (κ2) is 8.27. The number of nitrogens with zero attached hydrogens (tertiary/aromatic N) is 3. The number of nitrogens with one attached hydrogen (secondary N) is 1. The van der Waals surface area contributed by atoms with E-state index in [1.54, 1.807) is 9.80 Å². The third kappa shape index (κ3) is 4.39. The van der Waals surface area contributed by atoms with Gasteiger partial charge in [-0.1, -0.05) is 22.5 Å². The summed E-state index contributed by atoms with van der Waals surface area (Å²) in [6.45, 7) is 10.9. The van der Waals surface area contributed by atoms with E-state index in [4.69, 9.17) is 4.74 Å². The van der Waals surface area contributed by atoms with Crippen molar-refractivity contribution in [2.45, 2.75) is 52.0 Å². The zero-order valence-corrected chi connectivity index (χ0v) is 20.1. The molecule has 0 radical (unpaired) electrons. The van der Waals surface area contributed by atoms with Gasteiger partial charge in [0.05, 0.1) is 19.1 Å². The predicted octanol–water partition coefficient (Wildman–Crippen LogP) is 3.17. The topological polar surface area (TPSA) is 83.9 Å². The zero-order chi connectivity index (χ0) is 23.2. The Balaban J connectivity index is 1.52. The second-order valence-corrected chi connectivity index (χ2v) is 10.1. The lowest BCUT2D eigenvalue weighted by atomic mass is 10.1. The van der Waals surface area contributed by atoms with Crippen molar-refractivity contribution in [2.75, 3.05) is 13.1 Å². The fourth-order valence-corrected chi connectivity index (χ4v) is 4.53. The molecule has 0 bridgehead atoms. The van der Waals surface area contributed by atoms with Crippen LogP contribution in [0.5, 0.6) is 0 Å². The van der Waals surface area contributed by atoms with E-state index in [1.807, 2.05) is 43.5 Å². The number of carbonyl (C=O) groups excluding carboxylic acids is 3. The van der Waals surface area contributed by atoms with Gasteiger partial charge in [0.1, 0.15) is 12.1 Å². The highest BCUT2D eigenvalue weighted by Crippen LogP contribution is 2.35. The molecule has 1 aromatic carbocycles. The van der Waals surface area contributed by atoms with Crippen molar-refractivity contribution < 1.29 is 19.1 Å². The minimum atomic E-state index is -0.575. The van der Waals surface area contributed by atoms with Gasteiger partial charge in [0, 0.05) is 39.7 Å². The summed E-state index contributed by atoms with van der Waals surface area (Å²) in [6, 6.07) is 5.89. The number of carbonyl (C=O) groups is 3. The lowest BCUT2D eigenvalue weighted by molar-refractivity contribution is -0.133. The van der Waals surface area contributed by atoms with Crippen LogP contribution in [-0.4, -0.2) is 57.0 Å². The summed E-state index contributed by atoms with van der Waals surface area (Å²) < 4.78 is 8.45. The van der Waals surface area contributed by atoms with Crippen LogP contribution in [0.25, 0.3) is 10.9 Å². The van der Waals surface area contributed by atoms with E-state index >= 15 is 0 Å². The minimum absolute atomic E-state index is 0.0614. The van der Waals surface area contributed by atoms with Crippen molar-refractivity contribution in [3.05, 3.63) is 46.6 Å². The first-order valence-corrected chi connectivity index (χ1v) is 11.3. The smallest absolute Gasteiger partial charge is 0.410 e. The lowest BCUT2D eigenvalue weighted by Crippen LogP contribution is -2.61. The van der Waals surface area contributed by atoms with Gasteiger partial charge in [-0.3, -0.25) is 14.5 Å². The fourth-order valence-electron chi connectivity index (χ4n) is 4.17. The van der Waals surface area contributed by atoms with Crippen molar-refractivity contribution in [1.82, 2.24) is 19.7 Å². The molecule has 2 aliphatic heterocycles.